The van der Waals surface area contributed by atoms with Crippen molar-refractivity contribution in [2.45, 2.75) is 26.5 Å². The van der Waals surface area contributed by atoms with Gasteiger partial charge < -0.3 is 10.0 Å². The number of nitrogens with zero attached hydrogens (tertiary/aromatic N) is 3. The second kappa shape index (κ2) is 7.13. The number of aliphatic hydroxyl groups is 1. The molecule has 0 atom stereocenters. The molecule has 4 nitrogen and oxygen atoms in total. The lowest BCUT2D eigenvalue weighted by Crippen LogP contribution is -2.18. The summed E-state index contributed by atoms with van der Waals surface area (Å²) in [5.41, 5.74) is 3.13. The third kappa shape index (κ3) is 3.82. The Hall–Kier alpha value is -1.39. The van der Waals surface area contributed by atoms with Gasteiger partial charge in [-0.25, -0.2) is 0 Å². The van der Waals surface area contributed by atoms with Crippen molar-refractivity contribution >= 4 is 11.9 Å². The molecule has 0 heterocycles. The first kappa shape index (κ1) is 14.7. The van der Waals surface area contributed by atoms with E-state index in [0.29, 0.717) is 0 Å². The summed E-state index contributed by atoms with van der Waals surface area (Å²) in [7, 11) is 5.97. The lowest BCUT2D eigenvalue weighted by Gasteiger charge is -2.22. The zero-order chi connectivity index (χ0) is 13.5. The highest BCUT2D eigenvalue weighted by molar-refractivity contribution is 5.62. The second-order valence-electron chi connectivity index (χ2n) is 4.54. The van der Waals surface area contributed by atoms with Gasteiger partial charge >= 0.3 is 0 Å². The molecule has 0 aliphatic heterocycles. The molecule has 100 valence electrons. The number of benzene rings is 1. The molecule has 0 amide bonds. The van der Waals surface area contributed by atoms with Crippen molar-refractivity contribution in [3.63, 3.8) is 0 Å². The van der Waals surface area contributed by atoms with Gasteiger partial charge in [-0.05, 0) is 37.7 Å². The number of hydrazone groups is 1. The van der Waals surface area contributed by atoms with Crippen molar-refractivity contribution in [2.24, 2.45) is 5.10 Å². The van der Waals surface area contributed by atoms with E-state index in [1.165, 1.54) is 0 Å². The van der Waals surface area contributed by atoms with Crippen LogP contribution in [0.3, 0.4) is 0 Å². The zero-order valence-corrected chi connectivity index (χ0v) is 11.7. The van der Waals surface area contributed by atoms with Crippen LogP contribution in [0.2, 0.25) is 0 Å². The first-order valence-electron chi connectivity index (χ1n) is 6.22. The van der Waals surface area contributed by atoms with Gasteiger partial charge in [-0.15, -0.1) is 0 Å². The van der Waals surface area contributed by atoms with Crippen molar-refractivity contribution in [3.8, 4) is 0 Å². The topological polar surface area (TPSA) is 39.1 Å². The Morgan fingerprint density at radius 3 is 2.56 bits per heavy atom. The number of anilines is 1. The molecule has 0 saturated heterocycles. The largest absolute Gasteiger partial charge is 0.392 e. The fraction of sp³-hybridized carbons (Fsp3) is 0.500. The molecule has 0 aliphatic rings. The number of rotatable bonds is 6. The molecule has 0 saturated carbocycles. The predicted molar refractivity (Wildman–Crippen MR) is 76.9 cm³/mol. The van der Waals surface area contributed by atoms with Crippen molar-refractivity contribution in [1.29, 1.82) is 0 Å². The summed E-state index contributed by atoms with van der Waals surface area (Å²) in [6, 6.07) is 5.95. The summed E-state index contributed by atoms with van der Waals surface area (Å²) in [5.74, 6) is 0. The molecule has 1 N–H and O–H groups in total. The Morgan fingerprint density at radius 2 is 2.00 bits per heavy atom. The second-order valence-corrected chi connectivity index (χ2v) is 4.54. The zero-order valence-electron chi connectivity index (χ0n) is 11.7. The van der Waals surface area contributed by atoms with Gasteiger partial charge in [0.25, 0.3) is 0 Å². The summed E-state index contributed by atoms with van der Waals surface area (Å²) in [4.78, 5) is 2.09. The van der Waals surface area contributed by atoms with Crippen LogP contribution in [0.15, 0.2) is 23.3 Å². The standard InChI is InChI=1S/C14H23N3O/c1-5-9-15-17(4)14-8-6-7-12(11-18)13(14)10-16(2)3/h6-9,18H,5,10-11H2,1-4H3/b15-9-. The van der Waals surface area contributed by atoms with Crippen molar-refractivity contribution in [2.75, 3.05) is 26.2 Å². The van der Waals surface area contributed by atoms with Crippen LogP contribution >= 0.6 is 0 Å². The lowest BCUT2D eigenvalue weighted by molar-refractivity contribution is 0.278. The average Bonchev–Trinajstić information content (AvgIpc) is 2.35. The van der Waals surface area contributed by atoms with Gasteiger partial charge in [0.2, 0.25) is 0 Å². The lowest BCUT2D eigenvalue weighted by atomic mass is 10.1. The number of hydrogen-bond acceptors (Lipinski definition) is 4. The van der Waals surface area contributed by atoms with Crippen LogP contribution in [0.5, 0.6) is 0 Å². The first-order chi connectivity index (χ1) is 8.60. The molecule has 0 aromatic heterocycles. The average molecular weight is 249 g/mol. The minimum absolute atomic E-state index is 0.0579. The van der Waals surface area contributed by atoms with E-state index < -0.39 is 0 Å². The van der Waals surface area contributed by atoms with E-state index in [9.17, 15) is 5.11 Å². The van der Waals surface area contributed by atoms with Crippen LogP contribution in [0.4, 0.5) is 5.69 Å². The monoisotopic (exact) mass is 249 g/mol. The SMILES string of the molecule is CC/C=N\N(C)c1cccc(CO)c1CN(C)C. The Balaban J connectivity index is 3.12. The molecule has 0 radical (unpaired) electrons. The van der Waals surface area contributed by atoms with E-state index in [0.717, 1.165) is 29.8 Å². The molecule has 4 heteroatoms. The Kier molecular flexibility index (Phi) is 5.82. The van der Waals surface area contributed by atoms with Gasteiger partial charge in [-0.3, -0.25) is 5.01 Å². The molecule has 1 rings (SSSR count). The highest BCUT2D eigenvalue weighted by Gasteiger charge is 2.11. The Bertz CT molecular complexity index is 402. The maximum absolute atomic E-state index is 9.44. The van der Waals surface area contributed by atoms with Crippen LogP contribution in [-0.2, 0) is 13.2 Å². The molecule has 1 aromatic rings. The Labute approximate surface area is 110 Å². The van der Waals surface area contributed by atoms with E-state index in [-0.39, 0.29) is 6.61 Å². The predicted octanol–water partition coefficient (Wildman–Crippen LogP) is 2.07. The van der Waals surface area contributed by atoms with Gasteiger partial charge in [0.15, 0.2) is 0 Å². The fourth-order valence-corrected chi connectivity index (χ4v) is 1.84. The summed E-state index contributed by atoms with van der Waals surface area (Å²) in [5, 5.41) is 15.7. The van der Waals surface area contributed by atoms with E-state index in [2.05, 4.69) is 16.9 Å². The fourth-order valence-electron chi connectivity index (χ4n) is 1.84. The summed E-state index contributed by atoms with van der Waals surface area (Å²) < 4.78 is 0. The number of aliphatic hydroxyl groups excluding tert-OH is 1. The molecular weight excluding hydrogens is 226 g/mol. The minimum atomic E-state index is 0.0579. The normalized spacial score (nSPS) is 11.4. The maximum Gasteiger partial charge on any atom is 0.0685 e. The maximum atomic E-state index is 9.44. The van der Waals surface area contributed by atoms with Crippen LogP contribution < -0.4 is 5.01 Å². The van der Waals surface area contributed by atoms with Crippen LogP contribution in [-0.4, -0.2) is 37.4 Å². The molecule has 0 bridgehead atoms. The minimum Gasteiger partial charge on any atom is -0.392 e. The van der Waals surface area contributed by atoms with Gasteiger partial charge in [-0.1, -0.05) is 19.1 Å². The third-order valence-corrected chi connectivity index (χ3v) is 2.68. The van der Waals surface area contributed by atoms with Gasteiger partial charge in [0.05, 0.1) is 12.3 Å². The molecule has 0 aliphatic carbocycles. The molecule has 1 aromatic carbocycles. The summed E-state index contributed by atoms with van der Waals surface area (Å²) in [6.45, 7) is 2.91. The van der Waals surface area contributed by atoms with Gasteiger partial charge in [-0.2, -0.15) is 5.10 Å². The quantitative estimate of drug-likeness (QED) is 0.619. The van der Waals surface area contributed by atoms with E-state index >= 15 is 0 Å². The molecule has 0 unspecified atom stereocenters. The number of hydrogen-bond donors (Lipinski definition) is 1. The molecule has 0 fully saturated rings. The van der Waals surface area contributed by atoms with Crippen molar-refractivity contribution in [1.82, 2.24) is 4.90 Å². The van der Waals surface area contributed by atoms with Crippen LogP contribution in [0.1, 0.15) is 24.5 Å². The van der Waals surface area contributed by atoms with Crippen molar-refractivity contribution in [3.05, 3.63) is 29.3 Å². The van der Waals surface area contributed by atoms with Crippen LogP contribution in [0, 0.1) is 0 Å². The third-order valence-electron chi connectivity index (χ3n) is 2.68. The van der Waals surface area contributed by atoms with Gasteiger partial charge in [0, 0.05) is 19.8 Å². The summed E-state index contributed by atoms with van der Waals surface area (Å²) in [6.07, 6.45) is 2.79. The molecule has 0 spiro atoms. The summed E-state index contributed by atoms with van der Waals surface area (Å²) >= 11 is 0. The highest BCUT2D eigenvalue weighted by Crippen LogP contribution is 2.24. The van der Waals surface area contributed by atoms with Crippen molar-refractivity contribution < 1.29 is 5.11 Å². The van der Waals surface area contributed by atoms with Gasteiger partial charge in [0.1, 0.15) is 0 Å². The van der Waals surface area contributed by atoms with E-state index in [1.54, 1.807) is 0 Å². The van der Waals surface area contributed by atoms with Crippen LogP contribution in [0.25, 0.3) is 0 Å². The molecular formula is C14H23N3O. The van der Waals surface area contributed by atoms with E-state index in [1.807, 2.05) is 50.6 Å². The molecule has 18 heavy (non-hydrogen) atoms. The first-order valence-corrected chi connectivity index (χ1v) is 6.22. The smallest absolute Gasteiger partial charge is 0.0685 e. The highest BCUT2D eigenvalue weighted by atomic mass is 16.3. The Morgan fingerprint density at radius 1 is 1.28 bits per heavy atom. The van der Waals surface area contributed by atoms with E-state index in [4.69, 9.17) is 0 Å².